The summed E-state index contributed by atoms with van der Waals surface area (Å²) in [4.78, 5) is 10.9. The number of carbonyl (C=O) groups is 1. The van der Waals surface area contributed by atoms with Gasteiger partial charge in [-0.1, -0.05) is 27.7 Å². The molecule has 0 radical (unpaired) electrons. The Morgan fingerprint density at radius 3 is 2.36 bits per heavy atom. The van der Waals surface area contributed by atoms with Crippen LogP contribution in [0.4, 0.5) is 0 Å². The lowest BCUT2D eigenvalue weighted by atomic mass is 9.69. The van der Waals surface area contributed by atoms with Gasteiger partial charge in [-0.2, -0.15) is 0 Å². The summed E-state index contributed by atoms with van der Waals surface area (Å²) in [5.74, 6) is 0.614. The molecule has 0 heterocycles. The normalized spacial score (nSPS) is 23.9. The van der Waals surface area contributed by atoms with Gasteiger partial charge in [0.1, 0.15) is 5.76 Å². The second-order valence-electron chi connectivity index (χ2n) is 5.71. The predicted molar refractivity (Wildman–Crippen MR) is 56.6 cm³/mol. The van der Waals surface area contributed by atoms with E-state index in [1.807, 2.05) is 0 Å². The van der Waals surface area contributed by atoms with Gasteiger partial charge < -0.3 is 4.74 Å². The quantitative estimate of drug-likeness (QED) is 0.601. The molecule has 0 atom stereocenters. The van der Waals surface area contributed by atoms with Crippen molar-refractivity contribution in [2.75, 3.05) is 0 Å². The number of hydrogen-bond acceptors (Lipinski definition) is 2. The van der Waals surface area contributed by atoms with Gasteiger partial charge in [0.2, 0.25) is 0 Å². The van der Waals surface area contributed by atoms with Crippen LogP contribution in [0.25, 0.3) is 0 Å². The third kappa shape index (κ3) is 3.17. The maximum atomic E-state index is 10.9. The van der Waals surface area contributed by atoms with Crippen LogP contribution in [0.15, 0.2) is 11.8 Å². The topological polar surface area (TPSA) is 26.3 Å². The van der Waals surface area contributed by atoms with E-state index in [9.17, 15) is 4.79 Å². The number of carbonyl (C=O) groups excluding carboxylic acids is 1. The molecule has 0 spiro atoms. The Balaban J connectivity index is 2.85. The van der Waals surface area contributed by atoms with E-state index in [0.717, 1.165) is 18.6 Å². The highest BCUT2D eigenvalue weighted by atomic mass is 16.5. The van der Waals surface area contributed by atoms with Gasteiger partial charge >= 0.3 is 5.97 Å². The van der Waals surface area contributed by atoms with Gasteiger partial charge in [-0.3, -0.25) is 4.79 Å². The zero-order chi connectivity index (χ0) is 11.0. The standard InChI is InChI=1S/C12H20O2/c1-9(13)14-10-6-11(2,3)8-12(4,5)7-10/h6H,7-8H2,1-5H3. The van der Waals surface area contributed by atoms with Crippen LogP contribution in [0, 0.1) is 10.8 Å². The first kappa shape index (κ1) is 11.3. The maximum absolute atomic E-state index is 10.9. The molecule has 0 saturated carbocycles. The summed E-state index contributed by atoms with van der Waals surface area (Å²) in [5, 5.41) is 0. The molecule has 14 heavy (non-hydrogen) atoms. The summed E-state index contributed by atoms with van der Waals surface area (Å²) in [6, 6.07) is 0. The average molecular weight is 196 g/mol. The number of esters is 1. The number of allylic oxidation sites excluding steroid dienone is 2. The third-order valence-corrected chi connectivity index (χ3v) is 2.41. The highest BCUT2D eigenvalue weighted by molar-refractivity contribution is 5.67. The first-order valence-corrected chi connectivity index (χ1v) is 5.10. The fourth-order valence-corrected chi connectivity index (χ4v) is 2.56. The van der Waals surface area contributed by atoms with Crippen LogP contribution in [0.5, 0.6) is 0 Å². The van der Waals surface area contributed by atoms with Crippen molar-refractivity contribution < 1.29 is 9.53 Å². The Morgan fingerprint density at radius 2 is 1.93 bits per heavy atom. The molecule has 0 fully saturated rings. The van der Waals surface area contributed by atoms with E-state index in [4.69, 9.17) is 4.74 Å². The first-order valence-electron chi connectivity index (χ1n) is 5.10. The number of hydrogen-bond donors (Lipinski definition) is 0. The predicted octanol–water partition coefficient (Wildman–Crippen LogP) is 3.28. The van der Waals surface area contributed by atoms with Crippen LogP contribution in [0.3, 0.4) is 0 Å². The average Bonchev–Trinajstić information content (AvgIpc) is 1.74. The molecule has 1 aliphatic carbocycles. The molecular weight excluding hydrogens is 176 g/mol. The van der Waals surface area contributed by atoms with Gasteiger partial charge in [0.05, 0.1) is 0 Å². The fraction of sp³-hybridized carbons (Fsp3) is 0.750. The minimum atomic E-state index is -0.218. The van der Waals surface area contributed by atoms with Gasteiger partial charge in [0, 0.05) is 13.3 Å². The van der Waals surface area contributed by atoms with E-state index in [0.29, 0.717) is 0 Å². The van der Waals surface area contributed by atoms with Crippen molar-refractivity contribution in [3.63, 3.8) is 0 Å². The molecule has 0 saturated heterocycles. The van der Waals surface area contributed by atoms with Crippen LogP contribution in [-0.4, -0.2) is 5.97 Å². The highest BCUT2D eigenvalue weighted by Crippen LogP contribution is 2.44. The molecule has 2 heteroatoms. The smallest absolute Gasteiger partial charge is 0.307 e. The number of rotatable bonds is 1. The van der Waals surface area contributed by atoms with Crippen molar-refractivity contribution in [1.82, 2.24) is 0 Å². The lowest BCUT2D eigenvalue weighted by molar-refractivity contribution is -0.137. The minimum Gasteiger partial charge on any atom is -0.432 e. The summed E-state index contributed by atoms with van der Waals surface area (Å²) < 4.78 is 5.18. The lowest BCUT2D eigenvalue weighted by Gasteiger charge is -2.38. The second kappa shape index (κ2) is 3.41. The van der Waals surface area contributed by atoms with Crippen LogP contribution in [0.1, 0.15) is 47.5 Å². The molecule has 1 rings (SSSR count). The molecule has 0 aliphatic heterocycles. The SMILES string of the molecule is CC(=O)OC1=CC(C)(C)CC(C)(C)C1. The molecule has 1 aliphatic rings. The molecule has 0 unspecified atom stereocenters. The van der Waals surface area contributed by atoms with Gasteiger partial charge in [-0.25, -0.2) is 0 Å². The summed E-state index contributed by atoms with van der Waals surface area (Å²) >= 11 is 0. The summed E-state index contributed by atoms with van der Waals surface area (Å²) in [6.07, 6.45) is 4.07. The summed E-state index contributed by atoms with van der Waals surface area (Å²) in [7, 11) is 0. The van der Waals surface area contributed by atoms with Crippen molar-refractivity contribution in [3.05, 3.63) is 11.8 Å². The molecule has 0 aromatic carbocycles. The Bertz CT molecular complexity index is 272. The largest absolute Gasteiger partial charge is 0.432 e. The van der Waals surface area contributed by atoms with Crippen molar-refractivity contribution in [3.8, 4) is 0 Å². The zero-order valence-corrected chi connectivity index (χ0v) is 9.81. The van der Waals surface area contributed by atoms with Crippen LogP contribution in [-0.2, 0) is 9.53 Å². The third-order valence-electron chi connectivity index (χ3n) is 2.41. The Hall–Kier alpha value is -0.790. The summed E-state index contributed by atoms with van der Waals surface area (Å²) in [5.41, 5.74) is 0.357. The van der Waals surface area contributed by atoms with E-state index in [1.54, 1.807) is 0 Å². The first-order chi connectivity index (χ1) is 6.20. The van der Waals surface area contributed by atoms with Crippen molar-refractivity contribution in [2.24, 2.45) is 10.8 Å². The van der Waals surface area contributed by atoms with Gasteiger partial charge in [-0.15, -0.1) is 0 Å². The molecule has 0 aromatic heterocycles. The summed E-state index contributed by atoms with van der Waals surface area (Å²) in [6.45, 7) is 10.2. The maximum Gasteiger partial charge on any atom is 0.307 e. The van der Waals surface area contributed by atoms with E-state index in [-0.39, 0.29) is 16.8 Å². The van der Waals surface area contributed by atoms with Gasteiger partial charge in [0.25, 0.3) is 0 Å². The van der Waals surface area contributed by atoms with Crippen LogP contribution in [0.2, 0.25) is 0 Å². The van der Waals surface area contributed by atoms with Crippen molar-refractivity contribution in [1.29, 1.82) is 0 Å². The number of ether oxygens (including phenoxy) is 1. The van der Waals surface area contributed by atoms with E-state index >= 15 is 0 Å². The van der Waals surface area contributed by atoms with E-state index in [2.05, 4.69) is 33.8 Å². The van der Waals surface area contributed by atoms with Crippen LogP contribution < -0.4 is 0 Å². The molecule has 0 amide bonds. The Morgan fingerprint density at radius 1 is 1.36 bits per heavy atom. The second-order valence-corrected chi connectivity index (χ2v) is 5.71. The molecule has 0 N–H and O–H groups in total. The zero-order valence-electron chi connectivity index (χ0n) is 9.81. The Kier molecular flexibility index (Phi) is 2.75. The monoisotopic (exact) mass is 196 g/mol. The van der Waals surface area contributed by atoms with E-state index in [1.165, 1.54) is 6.92 Å². The highest BCUT2D eigenvalue weighted by Gasteiger charge is 2.34. The fourth-order valence-electron chi connectivity index (χ4n) is 2.56. The van der Waals surface area contributed by atoms with Gasteiger partial charge in [0.15, 0.2) is 0 Å². The molecule has 0 aromatic rings. The molecule has 0 bridgehead atoms. The minimum absolute atomic E-state index is 0.131. The molecular formula is C12H20O2. The molecule has 80 valence electrons. The Labute approximate surface area is 86.3 Å². The van der Waals surface area contributed by atoms with Gasteiger partial charge in [-0.05, 0) is 23.3 Å². The molecule has 2 nitrogen and oxygen atoms in total. The van der Waals surface area contributed by atoms with E-state index < -0.39 is 0 Å². The lowest BCUT2D eigenvalue weighted by Crippen LogP contribution is -2.28. The van der Waals surface area contributed by atoms with Crippen molar-refractivity contribution in [2.45, 2.75) is 47.5 Å². The van der Waals surface area contributed by atoms with Crippen molar-refractivity contribution >= 4 is 5.97 Å². The van der Waals surface area contributed by atoms with Crippen LogP contribution >= 0.6 is 0 Å².